The highest BCUT2D eigenvalue weighted by molar-refractivity contribution is 8.00. The molecule has 0 radical (unpaired) electrons. The molecule has 2 N–H and O–H groups in total. The molecular formula is C13H13N3OS2. The number of carbonyl (C=O) groups excluding carboxylic acids is 1. The van der Waals surface area contributed by atoms with Crippen LogP contribution in [0.2, 0.25) is 0 Å². The summed E-state index contributed by atoms with van der Waals surface area (Å²) < 4.78 is 0. The van der Waals surface area contributed by atoms with E-state index in [0.29, 0.717) is 12.3 Å². The van der Waals surface area contributed by atoms with Gasteiger partial charge in [0.15, 0.2) is 0 Å². The highest BCUT2D eigenvalue weighted by Gasteiger charge is 2.15. The Bertz CT molecular complexity index is 624. The number of rotatable bonds is 3. The quantitative estimate of drug-likeness (QED) is 0.912. The van der Waals surface area contributed by atoms with Crippen LogP contribution in [0.5, 0.6) is 0 Å². The number of aromatic nitrogens is 1. The molecule has 1 aliphatic heterocycles. The first-order valence-corrected chi connectivity index (χ1v) is 7.79. The normalized spacial score (nSPS) is 13.8. The largest absolute Gasteiger partial charge is 0.379 e. The van der Waals surface area contributed by atoms with Crippen LogP contribution in [0.1, 0.15) is 10.7 Å². The molecule has 0 unspecified atom stereocenters. The summed E-state index contributed by atoms with van der Waals surface area (Å²) in [5.74, 6) is 0.558. The number of amides is 1. The Morgan fingerprint density at radius 3 is 3.16 bits per heavy atom. The molecule has 1 aromatic carbocycles. The number of hydrogen-bond acceptors (Lipinski definition) is 5. The van der Waals surface area contributed by atoms with Gasteiger partial charge in [-0.15, -0.1) is 23.1 Å². The average Bonchev–Trinajstić information content (AvgIpc) is 2.81. The lowest BCUT2D eigenvalue weighted by Crippen LogP contribution is -2.18. The molecule has 0 saturated carbocycles. The van der Waals surface area contributed by atoms with Crippen LogP contribution >= 0.6 is 23.1 Å². The summed E-state index contributed by atoms with van der Waals surface area (Å²) in [5.41, 5.74) is 2.92. The molecule has 2 aromatic rings. The molecule has 0 aliphatic carbocycles. The van der Waals surface area contributed by atoms with Crippen LogP contribution in [-0.4, -0.2) is 16.6 Å². The van der Waals surface area contributed by atoms with Gasteiger partial charge in [0.25, 0.3) is 0 Å². The third kappa shape index (κ3) is 2.90. The standard InChI is InChI=1S/C13H13N3OS2/c1-8-15-10(6-18-8)5-14-9-2-3-12-11(4-9)16-13(17)7-19-12/h2-4,6,14H,5,7H2,1H3,(H,16,17). The van der Waals surface area contributed by atoms with Crippen molar-refractivity contribution in [2.24, 2.45) is 0 Å². The van der Waals surface area contributed by atoms with Crippen LogP contribution in [0, 0.1) is 6.92 Å². The van der Waals surface area contributed by atoms with Gasteiger partial charge in [-0.05, 0) is 25.1 Å². The molecule has 0 bridgehead atoms. The summed E-state index contributed by atoms with van der Waals surface area (Å²) in [4.78, 5) is 16.9. The van der Waals surface area contributed by atoms with E-state index in [1.165, 1.54) is 0 Å². The zero-order valence-electron chi connectivity index (χ0n) is 10.4. The summed E-state index contributed by atoms with van der Waals surface area (Å²) in [6.07, 6.45) is 0. The van der Waals surface area contributed by atoms with Gasteiger partial charge in [-0.25, -0.2) is 4.98 Å². The molecule has 4 nitrogen and oxygen atoms in total. The Hall–Kier alpha value is -1.53. The molecule has 1 aromatic heterocycles. The minimum absolute atomic E-state index is 0.0600. The maximum absolute atomic E-state index is 11.4. The summed E-state index contributed by atoms with van der Waals surface area (Å²) in [6.45, 7) is 2.70. The topological polar surface area (TPSA) is 54.0 Å². The number of thioether (sulfide) groups is 1. The summed E-state index contributed by atoms with van der Waals surface area (Å²) in [6, 6.07) is 6.04. The zero-order chi connectivity index (χ0) is 13.2. The van der Waals surface area contributed by atoms with Gasteiger partial charge in [0.2, 0.25) is 5.91 Å². The van der Waals surface area contributed by atoms with E-state index in [-0.39, 0.29) is 5.91 Å². The van der Waals surface area contributed by atoms with Gasteiger partial charge in [-0.3, -0.25) is 4.79 Å². The van der Waals surface area contributed by atoms with Crippen LogP contribution < -0.4 is 10.6 Å². The Labute approximate surface area is 119 Å². The van der Waals surface area contributed by atoms with Gasteiger partial charge >= 0.3 is 0 Å². The lowest BCUT2D eigenvalue weighted by atomic mass is 10.2. The Kier molecular flexibility index (Phi) is 3.44. The van der Waals surface area contributed by atoms with Gasteiger partial charge < -0.3 is 10.6 Å². The fraction of sp³-hybridized carbons (Fsp3) is 0.231. The zero-order valence-corrected chi connectivity index (χ0v) is 12.0. The minimum atomic E-state index is 0.0600. The van der Waals surface area contributed by atoms with Crippen molar-refractivity contribution in [3.05, 3.63) is 34.3 Å². The molecule has 0 atom stereocenters. The van der Waals surface area contributed by atoms with Crippen LogP contribution in [-0.2, 0) is 11.3 Å². The average molecular weight is 291 g/mol. The molecule has 19 heavy (non-hydrogen) atoms. The first-order chi connectivity index (χ1) is 9.20. The fourth-order valence-electron chi connectivity index (χ4n) is 1.88. The van der Waals surface area contributed by atoms with Crippen molar-refractivity contribution < 1.29 is 4.79 Å². The first-order valence-electron chi connectivity index (χ1n) is 5.92. The Morgan fingerprint density at radius 1 is 1.47 bits per heavy atom. The Balaban J connectivity index is 1.71. The van der Waals surface area contributed by atoms with Gasteiger partial charge in [-0.2, -0.15) is 0 Å². The van der Waals surface area contributed by atoms with Gasteiger partial charge in [0.1, 0.15) is 0 Å². The summed E-state index contributed by atoms with van der Waals surface area (Å²) in [7, 11) is 0. The van der Waals surface area contributed by atoms with Crippen LogP contribution in [0.15, 0.2) is 28.5 Å². The molecular weight excluding hydrogens is 278 g/mol. The number of anilines is 2. The van der Waals surface area contributed by atoms with E-state index >= 15 is 0 Å². The number of thiazole rings is 1. The summed E-state index contributed by atoms with van der Waals surface area (Å²) in [5, 5.41) is 9.34. The van der Waals surface area contributed by atoms with Crippen molar-refractivity contribution in [1.82, 2.24) is 4.98 Å². The predicted molar refractivity (Wildman–Crippen MR) is 80.0 cm³/mol. The molecule has 98 valence electrons. The second-order valence-electron chi connectivity index (χ2n) is 4.26. The first kappa shape index (κ1) is 12.5. The van der Waals surface area contributed by atoms with Crippen molar-refractivity contribution in [2.75, 3.05) is 16.4 Å². The second kappa shape index (κ2) is 5.22. The molecule has 2 heterocycles. The highest BCUT2D eigenvalue weighted by Crippen LogP contribution is 2.33. The SMILES string of the molecule is Cc1nc(CNc2ccc3c(c2)NC(=O)CS3)cs1. The number of carbonyl (C=O) groups is 1. The van der Waals surface area contributed by atoms with Crippen molar-refractivity contribution in [3.8, 4) is 0 Å². The maximum atomic E-state index is 11.4. The van der Waals surface area contributed by atoms with Crippen LogP contribution in [0.25, 0.3) is 0 Å². The minimum Gasteiger partial charge on any atom is -0.379 e. The van der Waals surface area contributed by atoms with Gasteiger partial charge in [-0.1, -0.05) is 0 Å². The maximum Gasteiger partial charge on any atom is 0.234 e. The van der Waals surface area contributed by atoms with Crippen LogP contribution in [0.4, 0.5) is 11.4 Å². The lowest BCUT2D eigenvalue weighted by molar-refractivity contribution is -0.113. The van der Waals surface area contributed by atoms with E-state index in [4.69, 9.17) is 0 Å². The van der Waals surface area contributed by atoms with Crippen molar-refractivity contribution in [1.29, 1.82) is 0 Å². The third-order valence-electron chi connectivity index (χ3n) is 2.75. The fourth-order valence-corrected chi connectivity index (χ4v) is 3.28. The van der Waals surface area contributed by atoms with Gasteiger partial charge in [0, 0.05) is 16.0 Å². The van der Waals surface area contributed by atoms with E-state index in [2.05, 4.69) is 21.0 Å². The van der Waals surface area contributed by atoms with Crippen molar-refractivity contribution >= 4 is 40.4 Å². The van der Waals surface area contributed by atoms with E-state index in [9.17, 15) is 4.79 Å². The molecule has 1 aliphatic rings. The van der Waals surface area contributed by atoms with E-state index in [0.717, 1.165) is 27.0 Å². The lowest BCUT2D eigenvalue weighted by Gasteiger charge is -2.17. The predicted octanol–water partition coefficient (Wildman–Crippen LogP) is 3.11. The van der Waals surface area contributed by atoms with Crippen molar-refractivity contribution in [2.45, 2.75) is 18.4 Å². The molecule has 1 amide bonds. The smallest absolute Gasteiger partial charge is 0.234 e. The number of benzene rings is 1. The molecule has 0 spiro atoms. The monoisotopic (exact) mass is 291 g/mol. The molecule has 6 heteroatoms. The third-order valence-corrected chi connectivity index (χ3v) is 4.65. The number of nitrogens with zero attached hydrogens (tertiary/aromatic N) is 1. The summed E-state index contributed by atoms with van der Waals surface area (Å²) >= 11 is 3.22. The number of aryl methyl sites for hydroxylation is 1. The molecule has 0 fully saturated rings. The van der Waals surface area contributed by atoms with E-state index in [1.807, 2.05) is 25.1 Å². The van der Waals surface area contributed by atoms with Crippen molar-refractivity contribution in [3.63, 3.8) is 0 Å². The van der Waals surface area contributed by atoms with Crippen LogP contribution in [0.3, 0.4) is 0 Å². The molecule has 3 rings (SSSR count). The van der Waals surface area contributed by atoms with E-state index < -0.39 is 0 Å². The highest BCUT2D eigenvalue weighted by atomic mass is 32.2. The number of fused-ring (bicyclic) bond motifs is 1. The second-order valence-corrected chi connectivity index (χ2v) is 6.34. The Morgan fingerprint density at radius 2 is 2.37 bits per heavy atom. The van der Waals surface area contributed by atoms with Gasteiger partial charge in [0.05, 0.1) is 28.7 Å². The number of hydrogen-bond donors (Lipinski definition) is 2. The number of nitrogens with one attached hydrogen (secondary N) is 2. The van der Waals surface area contributed by atoms with E-state index in [1.54, 1.807) is 23.1 Å². The molecule has 0 saturated heterocycles.